The Bertz CT molecular complexity index is 1130. The standard InChI is InChI=1S/C26H39N5O6S/c1-17(2)15-21(24(33)28-16-23(27)32)29-25(34)22-5-4-12-31(22)26(35)19-10-13-30(14-11-19)38(36,37)20-8-6-18(3)7-9-20/h6-9,17,19,21-22H,4-5,10-16H2,1-3H3,(H2,27,32)(H,28,33)(H,29,34)/t21-,22-/m0/s1. The minimum Gasteiger partial charge on any atom is -0.368 e. The van der Waals surface area contributed by atoms with Gasteiger partial charge in [0.25, 0.3) is 0 Å². The quantitative estimate of drug-likeness (QED) is 0.386. The number of nitrogens with zero attached hydrogens (tertiary/aromatic N) is 2. The Kier molecular flexibility index (Phi) is 9.88. The molecule has 4 N–H and O–H groups in total. The van der Waals surface area contributed by atoms with Crippen LogP contribution in [-0.2, 0) is 29.2 Å². The monoisotopic (exact) mass is 549 g/mol. The fraction of sp³-hybridized carbons (Fsp3) is 0.615. The Morgan fingerprint density at radius 1 is 1.03 bits per heavy atom. The van der Waals surface area contributed by atoms with Crippen LogP contribution in [0.5, 0.6) is 0 Å². The molecule has 2 atom stereocenters. The molecule has 0 spiro atoms. The van der Waals surface area contributed by atoms with Gasteiger partial charge in [-0.3, -0.25) is 19.2 Å². The second-order valence-corrected chi connectivity index (χ2v) is 12.5. The van der Waals surface area contributed by atoms with Gasteiger partial charge in [0.15, 0.2) is 0 Å². The lowest BCUT2D eigenvalue weighted by molar-refractivity contribution is -0.143. The molecule has 2 fully saturated rings. The molecule has 1 aromatic rings. The van der Waals surface area contributed by atoms with E-state index in [1.54, 1.807) is 29.2 Å². The highest BCUT2D eigenvalue weighted by Gasteiger charge is 2.40. The number of hydrogen-bond acceptors (Lipinski definition) is 6. The minimum absolute atomic E-state index is 0.0994. The average Bonchev–Trinajstić information content (AvgIpc) is 3.36. The average molecular weight is 550 g/mol. The van der Waals surface area contributed by atoms with Gasteiger partial charge < -0.3 is 21.3 Å². The van der Waals surface area contributed by atoms with Crippen molar-refractivity contribution in [1.82, 2.24) is 19.8 Å². The molecule has 0 aromatic heterocycles. The van der Waals surface area contributed by atoms with Crippen LogP contribution in [0.3, 0.4) is 0 Å². The van der Waals surface area contributed by atoms with Crippen molar-refractivity contribution in [2.75, 3.05) is 26.2 Å². The lowest BCUT2D eigenvalue weighted by Crippen LogP contribution is -2.55. The molecule has 0 radical (unpaired) electrons. The smallest absolute Gasteiger partial charge is 0.243 e. The van der Waals surface area contributed by atoms with Crippen LogP contribution in [0.2, 0.25) is 0 Å². The van der Waals surface area contributed by atoms with Crippen LogP contribution in [0, 0.1) is 18.8 Å². The van der Waals surface area contributed by atoms with Crippen LogP contribution >= 0.6 is 0 Å². The molecule has 3 rings (SSSR count). The van der Waals surface area contributed by atoms with Crippen molar-refractivity contribution in [1.29, 1.82) is 0 Å². The highest BCUT2D eigenvalue weighted by molar-refractivity contribution is 7.89. The molecule has 210 valence electrons. The number of benzene rings is 1. The molecule has 0 bridgehead atoms. The Morgan fingerprint density at radius 2 is 1.66 bits per heavy atom. The second kappa shape index (κ2) is 12.7. The third kappa shape index (κ3) is 7.31. The topological polar surface area (TPSA) is 159 Å². The molecule has 0 aliphatic carbocycles. The summed E-state index contributed by atoms with van der Waals surface area (Å²) in [5.41, 5.74) is 6.08. The molecule has 0 saturated carbocycles. The second-order valence-electron chi connectivity index (χ2n) is 10.6. The van der Waals surface area contributed by atoms with Gasteiger partial charge in [0, 0.05) is 25.6 Å². The summed E-state index contributed by atoms with van der Waals surface area (Å²) >= 11 is 0. The number of aryl methyl sites for hydroxylation is 1. The Morgan fingerprint density at radius 3 is 2.24 bits per heavy atom. The number of sulfonamides is 1. The largest absolute Gasteiger partial charge is 0.368 e. The van der Waals surface area contributed by atoms with Crippen molar-refractivity contribution in [2.45, 2.75) is 69.9 Å². The molecule has 11 nitrogen and oxygen atoms in total. The van der Waals surface area contributed by atoms with Crippen LogP contribution in [0.4, 0.5) is 0 Å². The fourth-order valence-electron chi connectivity index (χ4n) is 5.01. The number of nitrogens with two attached hydrogens (primary N) is 1. The summed E-state index contributed by atoms with van der Waals surface area (Å²) in [4.78, 5) is 52.0. The van der Waals surface area contributed by atoms with Crippen molar-refractivity contribution in [3.05, 3.63) is 29.8 Å². The van der Waals surface area contributed by atoms with Crippen LogP contribution in [0.1, 0.15) is 51.5 Å². The first-order valence-electron chi connectivity index (χ1n) is 13.1. The van der Waals surface area contributed by atoms with Gasteiger partial charge in [0.05, 0.1) is 11.4 Å². The summed E-state index contributed by atoms with van der Waals surface area (Å²) in [5, 5.41) is 5.20. The lowest BCUT2D eigenvalue weighted by atomic mass is 9.96. The molecule has 2 saturated heterocycles. The summed E-state index contributed by atoms with van der Waals surface area (Å²) in [6.07, 6.45) is 2.26. The zero-order chi connectivity index (χ0) is 28.0. The van der Waals surface area contributed by atoms with Gasteiger partial charge in [0.2, 0.25) is 33.7 Å². The number of carbonyl (C=O) groups excluding carboxylic acids is 4. The highest BCUT2D eigenvalue weighted by atomic mass is 32.2. The number of piperidine rings is 1. The molecule has 38 heavy (non-hydrogen) atoms. The summed E-state index contributed by atoms with van der Waals surface area (Å²) < 4.78 is 27.4. The van der Waals surface area contributed by atoms with Crippen molar-refractivity contribution < 1.29 is 27.6 Å². The number of nitrogens with one attached hydrogen (secondary N) is 2. The highest BCUT2D eigenvalue weighted by Crippen LogP contribution is 2.28. The van der Waals surface area contributed by atoms with Crippen molar-refractivity contribution in [3.63, 3.8) is 0 Å². The van der Waals surface area contributed by atoms with Crippen LogP contribution in [-0.4, -0.2) is 79.5 Å². The maximum atomic E-state index is 13.4. The van der Waals surface area contributed by atoms with E-state index in [9.17, 15) is 27.6 Å². The van der Waals surface area contributed by atoms with Crippen molar-refractivity contribution in [2.24, 2.45) is 17.6 Å². The molecule has 12 heteroatoms. The van der Waals surface area contributed by atoms with E-state index in [4.69, 9.17) is 5.73 Å². The first-order valence-corrected chi connectivity index (χ1v) is 14.6. The third-order valence-electron chi connectivity index (χ3n) is 7.08. The van der Waals surface area contributed by atoms with Gasteiger partial charge in [-0.25, -0.2) is 8.42 Å². The normalized spacial score (nSPS) is 19.8. The molecular weight excluding hydrogens is 510 g/mol. The predicted octanol–water partition coefficient (Wildman–Crippen LogP) is 0.519. The van der Waals surface area contributed by atoms with E-state index in [0.29, 0.717) is 38.6 Å². The van der Waals surface area contributed by atoms with E-state index in [1.165, 1.54) is 4.31 Å². The third-order valence-corrected chi connectivity index (χ3v) is 8.99. The number of primary amides is 1. The van der Waals surface area contributed by atoms with Crippen LogP contribution in [0.15, 0.2) is 29.2 Å². The number of likely N-dealkylation sites (tertiary alicyclic amines) is 1. The molecule has 2 aliphatic heterocycles. The van der Waals surface area contributed by atoms with E-state index in [-0.39, 0.29) is 42.3 Å². The molecule has 4 amide bonds. The molecule has 2 heterocycles. The summed E-state index contributed by atoms with van der Waals surface area (Å²) in [7, 11) is -3.64. The Hall–Kier alpha value is -2.99. The maximum absolute atomic E-state index is 13.4. The maximum Gasteiger partial charge on any atom is 0.243 e. The number of amides is 4. The van der Waals surface area contributed by atoms with Gasteiger partial charge in [0.1, 0.15) is 12.1 Å². The number of rotatable bonds is 10. The molecular formula is C26H39N5O6S. The number of carbonyl (C=O) groups is 4. The van der Waals surface area contributed by atoms with Crippen molar-refractivity contribution >= 4 is 33.7 Å². The zero-order valence-corrected chi connectivity index (χ0v) is 23.1. The first kappa shape index (κ1) is 29.6. The lowest BCUT2D eigenvalue weighted by Gasteiger charge is -2.34. The van der Waals surface area contributed by atoms with E-state index in [1.807, 2.05) is 20.8 Å². The zero-order valence-electron chi connectivity index (χ0n) is 22.3. The van der Waals surface area contributed by atoms with E-state index < -0.39 is 39.8 Å². The summed E-state index contributed by atoms with van der Waals surface area (Å²) in [6, 6.07) is 5.15. The Labute approximate surface area is 224 Å². The summed E-state index contributed by atoms with van der Waals surface area (Å²) in [6.45, 7) is 6.29. The van der Waals surface area contributed by atoms with Gasteiger partial charge in [-0.05, 0) is 57.1 Å². The Balaban J connectivity index is 1.61. The molecule has 0 unspecified atom stereocenters. The first-order chi connectivity index (χ1) is 17.9. The predicted molar refractivity (Wildman–Crippen MR) is 141 cm³/mol. The van der Waals surface area contributed by atoms with Gasteiger partial charge >= 0.3 is 0 Å². The summed E-state index contributed by atoms with van der Waals surface area (Å²) in [5.74, 6) is -2.02. The van der Waals surface area contributed by atoms with E-state index in [2.05, 4.69) is 10.6 Å². The fourth-order valence-corrected chi connectivity index (χ4v) is 6.48. The van der Waals surface area contributed by atoms with Gasteiger partial charge in [-0.15, -0.1) is 0 Å². The van der Waals surface area contributed by atoms with Crippen LogP contribution in [0.25, 0.3) is 0 Å². The molecule has 2 aliphatic rings. The SMILES string of the molecule is Cc1ccc(S(=O)(=O)N2CCC(C(=O)N3CCC[C@H]3C(=O)N[C@@H](CC(C)C)C(=O)NCC(N)=O)CC2)cc1. The van der Waals surface area contributed by atoms with E-state index in [0.717, 1.165) is 5.56 Å². The van der Waals surface area contributed by atoms with Gasteiger partial charge in [-0.1, -0.05) is 31.5 Å². The van der Waals surface area contributed by atoms with Crippen molar-refractivity contribution in [3.8, 4) is 0 Å². The minimum atomic E-state index is -3.64. The van der Waals surface area contributed by atoms with Crippen LogP contribution < -0.4 is 16.4 Å². The molecule has 1 aromatic carbocycles. The number of hydrogen-bond donors (Lipinski definition) is 3. The van der Waals surface area contributed by atoms with E-state index >= 15 is 0 Å². The van der Waals surface area contributed by atoms with Gasteiger partial charge in [-0.2, -0.15) is 4.31 Å².